The summed E-state index contributed by atoms with van der Waals surface area (Å²) in [5.41, 5.74) is 2.83. The van der Waals surface area contributed by atoms with E-state index in [1.807, 2.05) is 0 Å². The standard InChI is InChI=1S/C32H52N2O2/c1-33(27-31(35)21-13-5-11-19-29-15-7-3-8-16-29)23-25-34(2,26-24-33)28-32(36)22-14-6-12-20-30-17-9-4-10-18-30/h3-4,7-10,15-18,31-32,35-36H,5-6,11-14,19-28H2,1-2H3/q+2/t31-,32-,33?,34?/m1/s1. The van der Waals surface area contributed by atoms with Crippen molar-refractivity contribution in [2.75, 3.05) is 53.4 Å². The van der Waals surface area contributed by atoms with E-state index in [9.17, 15) is 10.2 Å². The second-order valence-electron chi connectivity index (χ2n) is 12.0. The van der Waals surface area contributed by atoms with Gasteiger partial charge in [-0.15, -0.1) is 0 Å². The fraction of sp³-hybridized carbons (Fsp3) is 0.625. The Hall–Kier alpha value is -1.72. The van der Waals surface area contributed by atoms with Crippen LogP contribution >= 0.6 is 0 Å². The Morgan fingerprint density at radius 3 is 1.28 bits per heavy atom. The topological polar surface area (TPSA) is 40.5 Å². The van der Waals surface area contributed by atoms with Crippen LogP contribution in [0.25, 0.3) is 0 Å². The highest BCUT2D eigenvalue weighted by Crippen LogP contribution is 2.20. The molecule has 1 saturated heterocycles. The van der Waals surface area contributed by atoms with E-state index in [4.69, 9.17) is 0 Å². The van der Waals surface area contributed by atoms with Crippen molar-refractivity contribution in [2.24, 2.45) is 0 Å². The average Bonchev–Trinajstić information content (AvgIpc) is 2.87. The van der Waals surface area contributed by atoms with Crippen LogP contribution in [0, 0.1) is 0 Å². The summed E-state index contributed by atoms with van der Waals surface area (Å²) in [6, 6.07) is 21.4. The lowest BCUT2D eigenvalue weighted by molar-refractivity contribution is -1.02. The van der Waals surface area contributed by atoms with Crippen molar-refractivity contribution in [3.63, 3.8) is 0 Å². The summed E-state index contributed by atoms with van der Waals surface area (Å²) in [6.45, 7) is 6.08. The number of hydrogen-bond donors (Lipinski definition) is 2. The lowest BCUT2D eigenvalue weighted by Crippen LogP contribution is -2.66. The molecule has 4 nitrogen and oxygen atoms in total. The van der Waals surface area contributed by atoms with Gasteiger partial charge in [0, 0.05) is 0 Å². The number of benzene rings is 2. The van der Waals surface area contributed by atoms with Crippen molar-refractivity contribution >= 4 is 0 Å². The highest BCUT2D eigenvalue weighted by molar-refractivity contribution is 5.15. The highest BCUT2D eigenvalue weighted by Gasteiger charge is 2.39. The predicted molar refractivity (Wildman–Crippen MR) is 151 cm³/mol. The maximum atomic E-state index is 10.7. The van der Waals surface area contributed by atoms with Gasteiger partial charge in [0.1, 0.15) is 51.5 Å². The molecule has 0 spiro atoms. The number of aryl methyl sites for hydroxylation is 2. The van der Waals surface area contributed by atoms with Gasteiger partial charge in [0.15, 0.2) is 0 Å². The number of piperazine rings is 1. The molecule has 4 heteroatoms. The molecule has 0 unspecified atom stereocenters. The minimum atomic E-state index is -0.204. The van der Waals surface area contributed by atoms with E-state index in [1.54, 1.807) is 0 Å². The molecule has 36 heavy (non-hydrogen) atoms. The summed E-state index contributed by atoms with van der Waals surface area (Å²) in [7, 11) is 4.62. The number of rotatable bonds is 16. The van der Waals surface area contributed by atoms with E-state index in [2.05, 4.69) is 74.8 Å². The van der Waals surface area contributed by atoms with E-state index in [-0.39, 0.29) is 12.2 Å². The summed E-state index contributed by atoms with van der Waals surface area (Å²) in [4.78, 5) is 0. The first kappa shape index (κ1) is 28.8. The van der Waals surface area contributed by atoms with Gasteiger partial charge in [-0.2, -0.15) is 0 Å². The first-order chi connectivity index (χ1) is 17.4. The van der Waals surface area contributed by atoms with Crippen molar-refractivity contribution in [3.05, 3.63) is 71.8 Å². The predicted octanol–water partition coefficient (Wildman–Crippen LogP) is 5.22. The van der Waals surface area contributed by atoms with Crippen molar-refractivity contribution < 1.29 is 19.2 Å². The summed E-state index contributed by atoms with van der Waals surface area (Å²) < 4.78 is 1.93. The monoisotopic (exact) mass is 496 g/mol. The SMILES string of the molecule is C[N+]1(C[C@H](O)CCCCCc2ccccc2)CC[N+](C)(C[C@H](O)CCCCCc2ccccc2)CC1. The molecule has 2 aromatic carbocycles. The van der Waals surface area contributed by atoms with E-state index in [0.717, 1.165) is 86.8 Å². The largest absolute Gasteiger partial charge is 0.387 e. The number of quaternary nitrogens is 2. The summed E-state index contributed by atoms with van der Waals surface area (Å²) in [5.74, 6) is 0. The van der Waals surface area contributed by atoms with Crippen molar-refractivity contribution in [1.82, 2.24) is 0 Å². The third-order valence-electron chi connectivity index (χ3n) is 8.35. The van der Waals surface area contributed by atoms with Crippen LogP contribution in [0.15, 0.2) is 60.7 Å². The second-order valence-corrected chi connectivity index (χ2v) is 12.0. The van der Waals surface area contributed by atoms with Gasteiger partial charge in [-0.3, -0.25) is 0 Å². The zero-order chi connectivity index (χ0) is 25.7. The zero-order valence-corrected chi connectivity index (χ0v) is 23.0. The van der Waals surface area contributed by atoms with Crippen LogP contribution in [0.3, 0.4) is 0 Å². The van der Waals surface area contributed by atoms with Gasteiger partial charge in [0.05, 0.1) is 14.1 Å². The van der Waals surface area contributed by atoms with E-state index >= 15 is 0 Å². The molecule has 200 valence electrons. The zero-order valence-electron chi connectivity index (χ0n) is 23.0. The third-order valence-corrected chi connectivity index (χ3v) is 8.35. The second kappa shape index (κ2) is 14.9. The molecule has 0 aliphatic carbocycles. The fourth-order valence-electron chi connectivity index (χ4n) is 5.82. The number of aliphatic hydroxyl groups is 2. The molecule has 1 heterocycles. The fourth-order valence-corrected chi connectivity index (χ4v) is 5.82. The normalized spacial score (nSPS) is 23.9. The first-order valence-electron chi connectivity index (χ1n) is 14.5. The molecule has 2 aromatic rings. The van der Waals surface area contributed by atoms with Gasteiger partial charge in [-0.25, -0.2) is 0 Å². The van der Waals surface area contributed by atoms with Gasteiger partial charge in [0.2, 0.25) is 0 Å². The molecule has 0 aromatic heterocycles. The Morgan fingerprint density at radius 1 is 0.556 bits per heavy atom. The molecule has 0 saturated carbocycles. The molecule has 1 aliphatic rings. The number of nitrogens with zero attached hydrogens (tertiary/aromatic N) is 2. The molecule has 0 amide bonds. The first-order valence-corrected chi connectivity index (χ1v) is 14.5. The van der Waals surface area contributed by atoms with E-state index in [0.29, 0.717) is 0 Å². The minimum absolute atomic E-state index is 0.204. The summed E-state index contributed by atoms with van der Waals surface area (Å²) in [6.07, 6.45) is 10.7. The maximum absolute atomic E-state index is 10.7. The van der Waals surface area contributed by atoms with Crippen LogP contribution in [0.4, 0.5) is 0 Å². The van der Waals surface area contributed by atoms with Gasteiger partial charge >= 0.3 is 0 Å². The molecule has 3 rings (SSSR count). The van der Waals surface area contributed by atoms with E-state index in [1.165, 1.54) is 36.8 Å². The van der Waals surface area contributed by atoms with Crippen LogP contribution in [-0.2, 0) is 12.8 Å². The van der Waals surface area contributed by atoms with Crippen LogP contribution in [0.5, 0.6) is 0 Å². The molecule has 0 radical (unpaired) electrons. The van der Waals surface area contributed by atoms with Gasteiger partial charge < -0.3 is 19.2 Å². The van der Waals surface area contributed by atoms with Crippen LogP contribution in [0.1, 0.15) is 62.5 Å². The van der Waals surface area contributed by atoms with E-state index < -0.39 is 0 Å². The third kappa shape index (κ3) is 10.7. The highest BCUT2D eigenvalue weighted by atomic mass is 16.3. The number of hydrogen-bond acceptors (Lipinski definition) is 2. The molecule has 2 N–H and O–H groups in total. The summed E-state index contributed by atoms with van der Waals surface area (Å²) in [5, 5.41) is 21.4. The Morgan fingerprint density at radius 2 is 0.917 bits per heavy atom. The molecule has 0 bridgehead atoms. The molecular weight excluding hydrogens is 444 g/mol. The Kier molecular flexibility index (Phi) is 11.9. The lowest BCUT2D eigenvalue weighted by atomic mass is 10.0. The smallest absolute Gasteiger partial charge is 0.129 e. The lowest BCUT2D eigenvalue weighted by Gasteiger charge is -2.47. The summed E-state index contributed by atoms with van der Waals surface area (Å²) >= 11 is 0. The molecular formula is C32H52N2O2+2. The van der Waals surface area contributed by atoms with Crippen LogP contribution < -0.4 is 0 Å². The van der Waals surface area contributed by atoms with Crippen molar-refractivity contribution in [3.8, 4) is 0 Å². The minimum Gasteiger partial charge on any atom is -0.387 e. The van der Waals surface area contributed by atoms with Crippen LogP contribution in [-0.4, -0.2) is 84.8 Å². The van der Waals surface area contributed by atoms with Crippen molar-refractivity contribution in [2.45, 2.75) is 76.4 Å². The Bertz CT molecular complexity index is 762. The van der Waals surface area contributed by atoms with Crippen molar-refractivity contribution in [1.29, 1.82) is 0 Å². The van der Waals surface area contributed by atoms with Gasteiger partial charge in [-0.1, -0.05) is 86.3 Å². The van der Waals surface area contributed by atoms with Crippen LogP contribution in [0.2, 0.25) is 0 Å². The quantitative estimate of drug-likeness (QED) is 0.247. The van der Waals surface area contributed by atoms with Gasteiger partial charge in [-0.05, 0) is 49.7 Å². The Balaban J connectivity index is 1.25. The maximum Gasteiger partial charge on any atom is 0.129 e. The molecule has 1 aliphatic heterocycles. The molecule has 2 atom stereocenters. The number of likely N-dealkylation sites (N-methyl/N-ethyl adjacent to an activating group) is 2. The van der Waals surface area contributed by atoms with Gasteiger partial charge in [0.25, 0.3) is 0 Å². The number of aliphatic hydroxyl groups excluding tert-OH is 2. The average molecular weight is 497 g/mol. The number of unbranched alkanes of at least 4 members (excludes halogenated alkanes) is 4. The molecule has 1 fully saturated rings. The Labute approximate surface area is 220 Å².